The molecular weight excluding hydrogens is 272 g/mol. The molecule has 0 radical (unpaired) electrons. The number of carboxylic acids is 1. The highest BCUT2D eigenvalue weighted by Crippen LogP contribution is 2.14. The van der Waals surface area contributed by atoms with Crippen molar-refractivity contribution in [1.82, 2.24) is 0 Å². The largest absolute Gasteiger partial charge is 0.478 e. The first-order valence-electron chi connectivity index (χ1n) is 6.63. The summed E-state index contributed by atoms with van der Waals surface area (Å²) in [5.74, 6) is -2.34. The molecule has 0 bridgehead atoms. The van der Waals surface area contributed by atoms with E-state index >= 15 is 0 Å². The van der Waals surface area contributed by atoms with E-state index in [1.165, 1.54) is 30.3 Å². The SMILES string of the molecule is CCOC(=O)C(=Cc1ccc(C(=O)O)cc1)C(=O)C(C)C. The molecule has 0 heterocycles. The molecule has 5 heteroatoms. The molecule has 0 unspecified atom stereocenters. The molecule has 1 aromatic carbocycles. The quantitative estimate of drug-likeness (QED) is 0.377. The van der Waals surface area contributed by atoms with Gasteiger partial charge in [-0.3, -0.25) is 4.79 Å². The molecule has 5 nitrogen and oxygen atoms in total. The number of ether oxygens (including phenoxy) is 1. The van der Waals surface area contributed by atoms with Crippen molar-refractivity contribution in [3.63, 3.8) is 0 Å². The summed E-state index contributed by atoms with van der Waals surface area (Å²) >= 11 is 0. The molecule has 0 fully saturated rings. The number of Topliss-reactive ketones (excluding diaryl/α,β-unsaturated/α-hetero) is 1. The highest BCUT2D eigenvalue weighted by Gasteiger charge is 2.22. The van der Waals surface area contributed by atoms with Gasteiger partial charge in [-0.25, -0.2) is 9.59 Å². The molecule has 0 saturated carbocycles. The number of hydrogen-bond acceptors (Lipinski definition) is 4. The van der Waals surface area contributed by atoms with Gasteiger partial charge in [-0.15, -0.1) is 0 Å². The van der Waals surface area contributed by atoms with Gasteiger partial charge < -0.3 is 9.84 Å². The first-order chi connectivity index (χ1) is 9.86. The molecule has 21 heavy (non-hydrogen) atoms. The first kappa shape index (κ1) is 16.6. The lowest BCUT2D eigenvalue weighted by atomic mass is 9.98. The number of aromatic carboxylic acids is 1. The van der Waals surface area contributed by atoms with E-state index in [0.29, 0.717) is 5.56 Å². The van der Waals surface area contributed by atoms with Crippen LogP contribution in [0.5, 0.6) is 0 Å². The number of benzene rings is 1. The average Bonchev–Trinajstić information content (AvgIpc) is 2.44. The lowest BCUT2D eigenvalue weighted by Crippen LogP contribution is -2.19. The van der Waals surface area contributed by atoms with Crippen molar-refractivity contribution in [3.05, 3.63) is 41.0 Å². The van der Waals surface area contributed by atoms with E-state index in [4.69, 9.17) is 9.84 Å². The van der Waals surface area contributed by atoms with Crippen LogP contribution >= 0.6 is 0 Å². The summed E-state index contributed by atoms with van der Waals surface area (Å²) in [6, 6.07) is 5.90. The predicted octanol–water partition coefficient (Wildman–Crippen LogP) is 2.56. The zero-order valence-corrected chi connectivity index (χ0v) is 12.3. The van der Waals surface area contributed by atoms with Crippen LogP contribution in [0.4, 0.5) is 0 Å². The molecule has 1 rings (SSSR count). The maximum atomic E-state index is 12.1. The van der Waals surface area contributed by atoms with Crippen LogP contribution in [0.1, 0.15) is 36.7 Å². The van der Waals surface area contributed by atoms with Gasteiger partial charge in [0.1, 0.15) is 5.57 Å². The minimum absolute atomic E-state index is 0.0325. The van der Waals surface area contributed by atoms with Crippen LogP contribution in [-0.4, -0.2) is 29.4 Å². The summed E-state index contributed by atoms with van der Waals surface area (Å²) in [7, 11) is 0. The van der Waals surface area contributed by atoms with Crippen molar-refractivity contribution in [2.45, 2.75) is 20.8 Å². The van der Waals surface area contributed by atoms with E-state index in [9.17, 15) is 14.4 Å². The molecule has 1 N–H and O–H groups in total. The molecule has 0 aromatic heterocycles. The second kappa shape index (κ2) is 7.38. The van der Waals surface area contributed by atoms with Crippen LogP contribution in [0.3, 0.4) is 0 Å². The summed E-state index contributed by atoms with van der Waals surface area (Å²) in [4.78, 5) is 34.7. The molecule has 0 aliphatic heterocycles. The van der Waals surface area contributed by atoms with Crippen molar-refractivity contribution >= 4 is 23.8 Å². The van der Waals surface area contributed by atoms with Gasteiger partial charge in [0.15, 0.2) is 5.78 Å². The standard InChI is InChI=1S/C16H18O5/c1-4-21-16(20)13(14(17)10(2)3)9-11-5-7-12(8-6-11)15(18)19/h5-10H,4H2,1-3H3,(H,18,19). The Bertz CT molecular complexity index is 567. The smallest absolute Gasteiger partial charge is 0.341 e. The van der Waals surface area contributed by atoms with Gasteiger partial charge in [0, 0.05) is 5.92 Å². The van der Waals surface area contributed by atoms with Crippen LogP contribution in [-0.2, 0) is 14.3 Å². The highest BCUT2D eigenvalue weighted by molar-refractivity contribution is 6.21. The van der Waals surface area contributed by atoms with Gasteiger partial charge in [-0.1, -0.05) is 26.0 Å². The van der Waals surface area contributed by atoms with Crippen molar-refractivity contribution < 1.29 is 24.2 Å². The van der Waals surface area contributed by atoms with E-state index in [1.54, 1.807) is 20.8 Å². The summed E-state index contributed by atoms with van der Waals surface area (Å²) in [6.45, 7) is 5.24. The zero-order valence-electron chi connectivity index (χ0n) is 12.3. The Morgan fingerprint density at radius 2 is 1.76 bits per heavy atom. The van der Waals surface area contributed by atoms with Crippen LogP contribution in [0.25, 0.3) is 6.08 Å². The molecule has 1 aromatic rings. The number of hydrogen-bond donors (Lipinski definition) is 1. The number of ketones is 1. The minimum atomic E-state index is -1.03. The van der Waals surface area contributed by atoms with Crippen LogP contribution in [0.15, 0.2) is 29.8 Å². The number of carbonyl (C=O) groups excluding carboxylic acids is 2. The third-order valence-corrected chi connectivity index (χ3v) is 2.75. The summed E-state index contributed by atoms with van der Waals surface area (Å²) in [5.41, 5.74) is 0.673. The third-order valence-electron chi connectivity index (χ3n) is 2.75. The summed E-state index contributed by atoms with van der Waals surface area (Å²) in [6.07, 6.45) is 1.42. The van der Waals surface area contributed by atoms with Gasteiger partial charge in [0.05, 0.1) is 12.2 Å². The average molecular weight is 290 g/mol. The molecule has 0 atom stereocenters. The lowest BCUT2D eigenvalue weighted by molar-refractivity contribution is -0.140. The summed E-state index contributed by atoms with van der Waals surface area (Å²) in [5, 5.41) is 8.83. The maximum Gasteiger partial charge on any atom is 0.341 e. The van der Waals surface area contributed by atoms with E-state index < -0.39 is 11.9 Å². The number of carbonyl (C=O) groups is 3. The Morgan fingerprint density at radius 1 is 1.19 bits per heavy atom. The van der Waals surface area contributed by atoms with Gasteiger partial charge in [-0.05, 0) is 30.7 Å². The zero-order chi connectivity index (χ0) is 16.0. The molecule has 0 aliphatic carbocycles. The maximum absolute atomic E-state index is 12.1. The topological polar surface area (TPSA) is 80.7 Å². The van der Waals surface area contributed by atoms with Gasteiger partial charge >= 0.3 is 11.9 Å². The first-order valence-corrected chi connectivity index (χ1v) is 6.63. The Kier molecular flexibility index (Phi) is 5.84. The molecule has 112 valence electrons. The van der Waals surface area contributed by atoms with Crippen molar-refractivity contribution in [2.75, 3.05) is 6.61 Å². The second-order valence-corrected chi connectivity index (χ2v) is 4.72. The Balaban J connectivity index is 3.15. The van der Waals surface area contributed by atoms with Gasteiger partial charge in [0.25, 0.3) is 0 Å². The number of rotatable bonds is 6. The van der Waals surface area contributed by atoms with E-state index in [1.807, 2.05) is 0 Å². The highest BCUT2D eigenvalue weighted by atomic mass is 16.5. The molecule has 0 spiro atoms. The van der Waals surface area contributed by atoms with Crippen molar-refractivity contribution in [2.24, 2.45) is 5.92 Å². The Morgan fingerprint density at radius 3 is 2.19 bits per heavy atom. The monoisotopic (exact) mass is 290 g/mol. The van der Waals surface area contributed by atoms with Crippen LogP contribution in [0, 0.1) is 5.92 Å². The third kappa shape index (κ3) is 4.56. The molecular formula is C16H18O5. The second-order valence-electron chi connectivity index (χ2n) is 4.72. The summed E-state index contributed by atoms with van der Waals surface area (Å²) < 4.78 is 4.89. The minimum Gasteiger partial charge on any atom is -0.478 e. The fourth-order valence-corrected chi connectivity index (χ4v) is 1.64. The molecule has 0 aliphatic rings. The van der Waals surface area contributed by atoms with Crippen molar-refractivity contribution in [3.8, 4) is 0 Å². The Labute approximate surface area is 123 Å². The van der Waals surface area contributed by atoms with E-state index in [-0.39, 0.29) is 29.4 Å². The molecule has 0 amide bonds. The van der Waals surface area contributed by atoms with Crippen LogP contribution < -0.4 is 0 Å². The molecule has 0 saturated heterocycles. The predicted molar refractivity (Wildman–Crippen MR) is 77.9 cm³/mol. The van der Waals surface area contributed by atoms with Crippen molar-refractivity contribution in [1.29, 1.82) is 0 Å². The Hall–Kier alpha value is -2.43. The fraction of sp³-hybridized carbons (Fsp3) is 0.312. The van der Waals surface area contributed by atoms with E-state index in [2.05, 4.69) is 0 Å². The number of carboxylic acid groups (broad SMARTS) is 1. The van der Waals surface area contributed by atoms with Gasteiger partial charge in [0.2, 0.25) is 0 Å². The fourth-order valence-electron chi connectivity index (χ4n) is 1.64. The van der Waals surface area contributed by atoms with Gasteiger partial charge in [-0.2, -0.15) is 0 Å². The lowest BCUT2D eigenvalue weighted by Gasteiger charge is -2.09. The number of esters is 1. The normalized spacial score (nSPS) is 11.3. The van der Waals surface area contributed by atoms with E-state index in [0.717, 1.165) is 0 Å². The van der Waals surface area contributed by atoms with Crippen LogP contribution in [0.2, 0.25) is 0 Å².